The molecule has 0 fully saturated rings. The average Bonchev–Trinajstić information content (AvgIpc) is 1.83. The molecule has 0 amide bonds. The highest BCUT2D eigenvalue weighted by Crippen LogP contribution is 2.11. The van der Waals surface area contributed by atoms with Gasteiger partial charge in [-0.05, 0) is 12.2 Å². The van der Waals surface area contributed by atoms with E-state index in [1.54, 1.807) is 0 Å². The Bertz CT molecular complexity index is 45.8. The van der Waals surface area contributed by atoms with Gasteiger partial charge in [-0.25, -0.2) is 0 Å². The molecule has 0 aliphatic carbocycles. The van der Waals surface area contributed by atoms with Gasteiger partial charge < -0.3 is 0 Å². The number of thiol groups is 1. The van der Waals surface area contributed by atoms with E-state index in [1.165, 1.54) is 12.2 Å². The van der Waals surface area contributed by atoms with Gasteiger partial charge in [0.1, 0.15) is 0 Å². The second-order valence-electron chi connectivity index (χ2n) is 1.86. The molecule has 0 radical (unpaired) electrons. The normalized spacial score (nSPS) is 13.9. The molecule has 2 heteroatoms. The minimum atomic E-state index is 0.735. The highest BCUT2D eigenvalue weighted by atomic mass is 32.2. The lowest BCUT2D eigenvalue weighted by atomic mass is 10.6. The molecule has 0 aromatic carbocycles. The van der Waals surface area contributed by atoms with Crippen molar-refractivity contribution in [3.63, 3.8) is 0 Å². The first-order chi connectivity index (χ1) is 3.81. The fraction of sp³-hybridized carbons (Fsp3) is 1.00. The van der Waals surface area contributed by atoms with Crippen molar-refractivity contribution in [1.29, 1.82) is 0 Å². The number of thioether (sulfide) groups is 1. The second kappa shape index (κ2) is 5.83. The standard InChI is InChI=1S/C6H14S2/c1-3-4-8-6(2)5-7/h6-7H,3-5H2,1-2H3. The first kappa shape index (κ1) is 8.70. The second-order valence-corrected chi connectivity index (χ2v) is 3.78. The monoisotopic (exact) mass is 150 g/mol. The zero-order valence-corrected chi connectivity index (χ0v) is 7.27. The van der Waals surface area contributed by atoms with Crippen LogP contribution in [0.25, 0.3) is 0 Å². The molecule has 0 N–H and O–H groups in total. The quantitative estimate of drug-likeness (QED) is 0.601. The van der Waals surface area contributed by atoms with Crippen molar-refractivity contribution in [3.05, 3.63) is 0 Å². The minimum Gasteiger partial charge on any atom is -0.178 e. The van der Waals surface area contributed by atoms with E-state index < -0.39 is 0 Å². The summed E-state index contributed by atoms with van der Waals surface area (Å²) in [6.07, 6.45) is 1.28. The molecule has 0 saturated heterocycles. The molecule has 0 aliphatic heterocycles. The molecule has 0 bridgehead atoms. The Kier molecular flexibility index (Phi) is 6.34. The maximum atomic E-state index is 4.17. The van der Waals surface area contributed by atoms with Gasteiger partial charge in [-0.2, -0.15) is 24.4 Å². The van der Waals surface area contributed by atoms with Crippen LogP contribution in [-0.2, 0) is 0 Å². The lowest BCUT2D eigenvalue weighted by molar-refractivity contribution is 1.07. The van der Waals surface area contributed by atoms with Crippen molar-refractivity contribution in [3.8, 4) is 0 Å². The van der Waals surface area contributed by atoms with Gasteiger partial charge in [-0.1, -0.05) is 13.8 Å². The van der Waals surface area contributed by atoms with Crippen LogP contribution in [0.3, 0.4) is 0 Å². The van der Waals surface area contributed by atoms with Gasteiger partial charge in [-0.15, -0.1) is 0 Å². The van der Waals surface area contributed by atoms with Crippen molar-refractivity contribution >= 4 is 24.4 Å². The summed E-state index contributed by atoms with van der Waals surface area (Å²) in [4.78, 5) is 0. The Hall–Kier alpha value is 0.700. The number of rotatable bonds is 4. The van der Waals surface area contributed by atoms with Crippen LogP contribution in [0.15, 0.2) is 0 Å². The first-order valence-corrected chi connectivity index (χ1v) is 4.71. The number of hydrogen-bond donors (Lipinski definition) is 1. The van der Waals surface area contributed by atoms with Crippen LogP contribution in [0.1, 0.15) is 20.3 Å². The number of hydrogen-bond acceptors (Lipinski definition) is 2. The Labute approximate surface area is 61.8 Å². The van der Waals surface area contributed by atoms with Crippen LogP contribution in [-0.4, -0.2) is 16.8 Å². The summed E-state index contributed by atoms with van der Waals surface area (Å²) >= 11 is 6.17. The SMILES string of the molecule is CCCSC(C)CS. The van der Waals surface area contributed by atoms with Crippen LogP contribution in [0.4, 0.5) is 0 Å². The van der Waals surface area contributed by atoms with E-state index in [-0.39, 0.29) is 0 Å². The van der Waals surface area contributed by atoms with E-state index in [0.29, 0.717) is 0 Å². The largest absolute Gasteiger partial charge is 0.178 e. The third-order valence-electron chi connectivity index (χ3n) is 0.864. The third kappa shape index (κ3) is 4.85. The van der Waals surface area contributed by atoms with Crippen molar-refractivity contribution in [2.24, 2.45) is 0 Å². The Morgan fingerprint density at radius 3 is 2.62 bits per heavy atom. The Morgan fingerprint density at radius 1 is 1.62 bits per heavy atom. The van der Waals surface area contributed by atoms with Gasteiger partial charge in [0.2, 0.25) is 0 Å². The van der Waals surface area contributed by atoms with Crippen molar-refractivity contribution in [2.45, 2.75) is 25.5 Å². The maximum Gasteiger partial charge on any atom is 0.0107 e. The lowest BCUT2D eigenvalue weighted by Gasteiger charge is -2.04. The summed E-state index contributed by atoms with van der Waals surface area (Å²) in [6.45, 7) is 4.42. The lowest BCUT2D eigenvalue weighted by Crippen LogP contribution is -1.97. The molecule has 0 spiro atoms. The van der Waals surface area contributed by atoms with E-state index in [1.807, 2.05) is 11.8 Å². The molecule has 1 unspecified atom stereocenters. The van der Waals surface area contributed by atoms with Gasteiger partial charge in [0.25, 0.3) is 0 Å². The summed E-state index contributed by atoms with van der Waals surface area (Å²) in [5, 5.41) is 0.735. The van der Waals surface area contributed by atoms with E-state index in [2.05, 4.69) is 26.5 Å². The molecule has 0 heterocycles. The molecule has 0 aromatic heterocycles. The predicted molar refractivity (Wildman–Crippen MR) is 46.1 cm³/mol. The fourth-order valence-corrected chi connectivity index (χ4v) is 1.43. The Balaban J connectivity index is 2.86. The third-order valence-corrected chi connectivity index (χ3v) is 3.04. The van der Waals surface area contributed by atoms with Crippen LogP contribution in [0, 0.1) is 0 Å². The maximum absolute atomic E-state index is 4.17. The van der Waals surface area contributed by atoms with Crippen LogP contribution < -0.4 is 0 Å². The van der Waals surface area contributed by atoms with E-state index >= 15 is 0 Å². The van der Waals surface area contributed by atoms with E-state index in [0.717, 1.165) is 11.0 Å². The van der Waals surface area contributed by atoms with Gasteiger partial charge in [-0.3, -0.25) is 0 Å². The molecule has 0 saturated carbocycles. The molecular weight excluding hydrogens is 136 g/mol. The summed E-state index contributed by atoms with van der Waals surface area (Å²) in [6, 6.07) is 0. The zero-order chi connectivity index (χ0) is 6.41. The van der Waals surface area contributed by atoms with Crippen molar-refractivity contribution < 1.29 is 0 Å². The first-order valence-electron chi connectivity index (χ1n) is 3.03. The average molecular weight is 150 g/mol. The highest BCUT2D eigenvalue weighted by molar-refractivity contribution is 8.00. The smallest absolute Gasteiger partial charge is 0.0107 e. The van der Waals surface area contributed by atoms with Crippen molar-refractivity contribution in [1.82, 2.24) is 0 Å². The Morgan fingerprint density at radius 2 is 2.25 bits per heavy atom. The molecule has 0 rings (SSSR count). The van der Waals surface area contributed by atoms with Crippen LogP contribution in [0.2, 0.25) is 0 Å². The van der Waals surface area contributed by atoms with Crippen molar-refractivity contribution in [2.75, 3.05) is 11.5 Å². The van der Waals surface area contributed by atoms with E-state index in [4.69, 9.17) is 0 Å². The summed E-state index contributed by atoms with van der Waals surface area (Å²) in [7, 11) is 0. The fourth-order valence-electron chi connectivity index (χ4n) is 0.372. The molecule has 0 nitrogen and oxygen atoms in total. The highest BCUT2D eigenvalue weighted by Gasteiger charge is 1.95. The van der Waals surface area contributed by atoms with Gasteiger partial charge in [0, 0.05) is 11.0 Å². The molecule has 1 atom stereocenters. The van der Waals surface area contributed by atoms with Gasteiger partial charge in [0.05, 0.1) is 0 Å². The summed E-state index contributed by atoms with van der Waals surface area (Å²) in [5.74, 6) is 2.28. The molecular formula is C6H14S2. The minimum absolute atomic E-state index is 0.735. The van der Waals surface area contributed by atoms with E-state index in [9.17, 15) is 0 Å². The summed E-state index contributed by atoms with van der Waals surface area (Å²) < 4.78 is 0. The molecule has 8 heavy (non-hydrogen) atoms. The van der Waals surface area contributed by atoms with Crippen LogP contribution in [0.5, 0.6) is 0 Å². The molecule has 0 aliphatic rings. The zero-order valence-electron chi connectivity index (χ0n) is 5.55. The topological polar surface area (TPSA) is 0 Å². The predicted octanol–water partition coefficient (Wildman–Crippen LogP) is 2.45. The van der Waals surface area contributed by atoms with Gasteiger partial charge in [0.15, 0.2) is 0 Å². The molecule has 50 valence electrons. The summed E-state index contributed by atoms with van der Waals surface area (Å²) in [5.41, 5.74) is 0. The van der Waals surface area contributed by atoms with Gasteiger partial charge >= 0.3 is 0 Å². The van der Waals surface area contributed by atoms with Crippen LogP contribution >= 0.6 is 24.4 Å². The molecule has 0 aromatic rings.